The summed E-state index contributed by atoms with van der Waals surface area (Å²) in [5.74, 6) is 0.631. The molecular formula is C17H35N3O. The average Bonchev–Trinajstić information content (AvgIpc) is 2.82. The molecule has 2 N–H and O–H groups in total. The van der Waals surface area contributed by atoms with E-state index in [4.69, 9.17) is 0 Å². The lowest BCUT2D eigenvalue weighted by Gasteiger charge is -2.36. The molecule has 0 spiro atoms. The van der Waals surface area contributed by atoms with E-state index in [1.807, 2.05) is 7.05 Å². The molecule has 1 saturated heterocycles. The minimum Gasteiger partial charge on any atom is -0.394 e. The Balaban J connectivity index is 1.91. The molecule has 21 heavy (non-hydrogen) atoms. The van der Waals surface area contributed by atoms with Crippen LogP contribution in [0.1, 0.15) is 45.4 Å². The smallest absolute Gasteiger partial charge is 0.0615 e. The van der Waals surface area contributed by atoms with Crippen LogP contribution < -0.4 is 5.32 Å². The van der Waals surface area contributed by atoms with E-state index in [9.17, 15) is 5.11 Å². The van der Waals surface area contributed by atoms with Crippen LogP contribution in [0.3, 0.4) is 0 Å². The Labute approximate surface area is 130 Å². The molecule has 0 bridgehead atoms. The second kappa shape index (κ2) is 7.91. The van der Waals surface area contributed by atoms with Gasteiger partial charge in [-0.1, -0.05) is 13.3 Å². The quantitative estimate of drug-likeness (QED) is 0.780. The van der Waals surface area contributed by atoms with Crippen LogP contribution in [0, 0.1) is 5.92 Å². The summed E-state index contributed by atoms with van der Waals surface area (Å²) in [5.41, 5.74) is -0.00957. The fraction of sp³-hybridized carbons (Fsp3) is 1.00. The third kappa shape index (κ3) is 3.98. The summed E-state index contributed by atoms with van der Waals surface area (Å²) in [6.45, 7) is 7.47. The van der Waals surface area contributed by atoms with Crippen molar-refractivity contribution in [1.82, 2.24) is 15.1 Å². The Morgan fingerprint density at radius 1 is 1.29 bits per heavy atom. The van der Waals surface area contributed by atoms with Crippen molar-refractivity contribution >= 4 is 0 Å². The van der Waals surface area contributed by atoms with Crippen LogP contribution in [0.4, 0.5) is 0 Å². The molecule has 1 aliphatic heterocycles. The minimum absolute atomic E-state index is 0.00957. The van der Waals surface area contributed by atoms with Gasteiger partial charge in [-0.25, -0.2) is 0 Å². The first-order valence-corrected chi connectivity index (χ1v) is 8.87. The molecule has 1 saturated carbocycles. The van der Waals surface area contributed by atoms with Crippen LogP contribution in [-0.4, -0.2) is 73.4 Å². The summed E-state index contributed by atoms with van der Waals surface area (Å²) in [6, 6.07) is 0.706. The van der Waals surface area contributed by atoms with Crippen molar-refractivity contribution < 1.29 is 5.11 Å². The summed E-state index contributed by atoms with van der Waals surface area (Å²) in [4.78, 5) is 5.19. The van der Waals surface area contributed by atoms with Crippen LogP contribution in [0.25, 0.3) is 0 Å². The zero-order chi connectivity index (χ0) is 15.3. The lowest BCUT2D eigenvalue weighted by molar-refractivity contribution is 0.109. The highest BCUT2D eigenvalue weighted by Crippen LogP contribution is 2.37. The van der Waals surface area contributed by atoms with E-state index in [1.165, 1.54) is 58.3 Å². The number of aliphatic hydroxyl groups is 1. The van der Waals surface area contributed by atoms with E-state index >= 15 is 0 Å². The van der Waals surface area contributed by atoms with Crippen LogP contribution in [0.5, 0.6) is 0 Å². The maximum Gasteiger partial charge on any atom is 0.0615 e. The summed E-state index contributed by atoms with van der Waals surface area (Å²) in [6.07, 6.45) is 7.41. The van der Waals surface area contributed by atoms with Crippen molar-refractivity contribution in [1.29, 1.82) is 0 Å². The van der Waals surface area contributed by atoms with E-state index in [-0.39, 0.29) is 12.1 Å². The molecule has 3 atom stereocenters. The van der Waals surface area contributed by atoms with Gasteiger partial charge in [0.2, 0.25) is 0 Å². The summed E-state index contributed by atoms with van der Waals surface area (Å²) in [7, 11) is 4.27. The van der Waals surface area contributed by atoms with Crippen molar-refractivity contribution in [2.45, 2.75) is 57.0 Å². The molecule has 0 aromatic heterocycles. The van der Waals surface area contributed by atoms with Gasteiger partial charge in [-0.05, 0) is 71.8 Å². The molecule has 2 rings (SSSR count). The predicted octanol–water partition coefficient (Wildman–Crippen LogP) is 1.54. The predicted molar refractivity (Wildman–Crippen MR) is 88.6 cm³/mol. The highest BCUT2D eigenvalue weighted by molar-refractivity contribution is 4.98. The van der Waals surface area contributed by atoms with E-state index in [2.05, 4.69) is 29.1 Å². The van der Waals surface area contributed by atoms with Gasteiger partial charge in [-0.3, -0.25) is 4.90 Å². The van der Waals surface area contributed by atoms with Crippen molar-refractivity contribution in [3.05, 3.63) is 0 Å². The first-order valence-electron chi connectivity index (χ1n) is 8.87. The fourth-order valence-electron chi connectivity index (χ4n) is 4.48. The van der Waals surface area contributed by atoms with E-state index in [0.717, 1.165) is 6.42 Å². The van der Waals surface area contributed by atoms with Gasteiger partial charge in [-0.15, -0.1) is 0 Å². The molecule has 2 aliphatic rings. The van der Waals surface area contributed by atoms with Crippen molar-refractivity contribution in [3.63, 3.8) is 0 Å². The Kier molecular flexibility index (Phi) is 6.48. The van der Waals surface area contributed by atoms with Gasteiger partial charge in [0, 0.05) is 18.1 Å². The third-order valence-corrected chi connectivity index (χ3v) is 6.00. The second-order valence-corrected chi connectivity index (χ2v) is 7.16. The van der Waals surface area contributed by atoms with Crippen LogP contribution in [-0.2, 0) is 0 Å². The van der Waals surface area contributed by atoms with Crippen molar-refractivity contribution in [2.24, 2.45) is 5.92 Å². The van der Waals surface area contributed by atoms with Gasteiger partial charge < -0.3 is 15.3 Å². The van der Waals surface area contributed by atoms with Gasteiger partial charge in [0.25, 0.3) is 0 Å². The molecule has 0 radical (unpaired) electrons. The van der Waals surface area contributed by atoms with Gasteiger partial charge in [-0.2, -0.15) is 0 Å². The van der Waals surface area contributed by atoms with E-state index in [0.29, 0.717) is 12.0 Å². The summed E-state index contributed by atoms with van der Waals surface area (Å²) in [5, 5.41) is 13.3. The third-order valence-electron chi connectivity index (χ3n) is 6.00. The van der Waals surface area contributed by atoms with Gasteiger partial charge >= 0.3 is 0 Å². The number of aliphatic hydroxyl groups excluding tert-OH is 1. The highest BCUT2D eigenvalue weighted by Gasteiger charge is 2.41. The Morgan fingerprint density at radius 3 is 2.76 bits per heavy atom. The van der Waals surface area contributed by atoms with Gasteiger partial charge in [0.1, 0.15) is 0 Å². The fourth-order valence-corrected chi connectivity index (χ4v) is 4.48. The standard InChI is InChI=1S/C17H35N3O/c1-4-16-13-19(3)10-6-11-20(16)12-8-15-7-5-9-17(15,14-21)18-2/h15-16,18,21H,4-14H2,1-3H3. The topological polar surface area (TPSA) is 38.7 Å². The molecule has 4 heteroatoms. The zero-order valence-corrected chi connectivity index (χ0v) is 14.3. The zero-order valence-electron chi connectivity index (χ0n) is 14.3. The Hall–Kier alpha value is -0.160. The normalized spacial score (nSPS) is 36.0. The highest BCUT2D eigenvalue weighted by atomic mass is 16.3. The number of rotatable bonds is 6. The number of hydrogen-bond acceptors (Lipinski definition) is 4. The molecule has 1 heterocycles. The maximum atomic E-state index is 9.82. The average molecular weight is 297 g/mol. The van der Waals surface area contributed by atoms with Crippen LogP contribution in [0.15, 0.2) is 0 Å². The molecule has 0 amide bonds. The number of likely N-dealkylation sites (N-methyl/N-ethyl adjacent to an activating group) is 2. The molecule has 2 fully saturated rings. The summed E-state index contributed by atoms with van der Waals surface area (Å²) < 4.78 is 0. The van der Waals surface area contributed by atoms with Crippen molar-refractivity contribution in [2.75, 3.05) is 46.9 Å². The van der Waals surface area contributed by atoms with E-state index < -0.39 is 0 Å². The molecule has 3 unspecified atom stereocenters. The molecule has 1 aliphatic carbocycles. The molecule has 124 valence electrons. The minimum atomic E-state index is -0.00957. The van der Waals surface area contributed by atoms with Gasteiger partial charge in [0.15, 0.2) is 0 Å². The molecule has 0 aromatic carbocycles. The Bertz CT molecular complexity index is 306. The van der Waals surface area contributed by atoms with Crippen LogP contribution >= 0.6 is 0 Å². The number of nitrogens with one attached hydrogen (secondary N) is 1. The Morgan fingerprint density at radius 2 is 2.10 bits per heavy atom. The number of nitrogens with zero attached hydrogens (tertiary/aromatic N) is 2. The molecule has 0 aromatic rings. The molecule has 4 nitrogen and oxygen atoms in total. The molecular weight excluding hydrogens is 262 g/mol. The first kappa shape index (κ1) is 17.2. The summed E-state index contributed by atoms with van der Waals surface area (Å²) >= 11 is 0. The largest absolute Gasteiger partial charge is 0.394 e. The second-order valence-electron chi connectivity index (χ2n) is 7.16. The lowest BCUT2D eigenvalue weighted by atomic mass is 9.85. The van der Waals surface area contributed by atoms with Crippen molar-refractivity contribution in [3.8, 4) is 0 Å². The number of hydrogen-bond donors (Lipinski definition) is 2. The SMILES string of the molecule is CCC1CN(C)CCCN1CCC1CCCC1(CO)NC. The van der Waals surface area contributed by atoms with Crippen LogP contribution in [0.2, 0.25) is 0 Å². The monoisotopic (exact) mass is 297 g/mol. The first-order chi connectivity index (χ1) is 10.1. The van der Waals surface area contributed by atoms with Gasteiger partial charge in [0.05, 0.1) is 6.61 Å². The lowest BCUT2D eigenvalue weighted by Crippen LogP contribution is -2.50. The maximum absolute atomic E-state index is 9.82. The van der Waals surface area contributed by atoms with E-state index in [1.54, 1.807) is 0 Å².